The molecule has 0 atom stereocenters. The summed E-state index contributed by atoms with van der Waals surface area (Å²) in [6.07, 6.45) is 9.00. The molecule has 0 amide bonds. The zero-order valence-electron chi connectivity index (χ0n) is 7.97. The van der Waals surface area contributed by atoms with Crippen LogP contribution in [0.25, 0.3) is 0 Å². The van der Waals surface area contributed by atoms with E-state index in [1.807, 2.05) is 0 Å². The molecular formula is C10H21NO. The Balaban J connectivity index is 0.000000720. The minimum Gasteiger partial charge on any atom is -0.870 e. The third-order valence-electron chi connectivity index (χ3n) is 3.53. The highest BCUT2D eigenvalue weighted by Crippen LogP contribution is 2.24. The van der Waals surface area contributed by atoms with E-state index in [4.69, 9.17) is 0 Å². The first-order valence-corrected chi connectivity index (χ1v) is 5.26. The predicted octanol–water partition coefficient (Wildman–Crippen LogP) is 1.99. The van der Waals surface area contributed by atoms with Crippen molar-refractivity contribution in [2.45, 2.75) is 38.5 Å². The van der Waals surface area contributed by atoms with Gasteiger partial charge in [0.05, 0.1) is 26.2 Å². The van der Waals surface area contributed by atoms with Crippen molar-refractivity contribution in [1.29, 1.82) is 0 Å². The lowest BCUT2D eigenvalue weighted by Gasteiger charge is -2.44. The molecule has 0 unspecified atom stereocenters. The van der Waals surface area contributed by atoms with Crippen LogP contribution in [0.5, 0.6) is 0 Å². The number of hydrogen-bond acceptors (Lipinski definition) is 1. The lowest BCUT2D eigenvalue weighted by atomic mass is 10.0. The van der Waals surface area contributed by atoms with Gasteiger partial charge in [0.1, 0.15) is 0 Å². The highest BCUT2D eigenvalue weighted by molar-refractivity contribution is 4.59. The molecule has 1 spiro atoms. The van der Waals surface area contributed by atoms with Gasteiger partial charge >= 0.3 is 0 Å². The molecule has 0 aromatic rings. The Morgan fingerprint density at radius 1 is 0.500 bits per heavy atom. The van der Waals surface area contributed by atoms with E-state index in [0.29, 0.717) is 0 Å². The fraction of sp³-hybridized carbons (Fsp3) is 1.00. The van der Waals surface area contributed by atoms with Crippen molar-refractivity contribution in [2.24, 2.45) is 0 Å². The molecule has 2 heterocycles. The maximum atomic E-state index is 1.50. The van der Waals surface area contributed by atoms with Gasteiger partial charge in [-0.15, -0.1) is 0 Å². The van der Waals surface area contributed by atoms with Crippen molar-refractivity contribution in [3.05, 3.63) is 0 Å². The van der Waals surface area contributed by atoms with Crippen LogP contribution in [0, 0.1) is 0 Å². The van der Waals surface area contributed by atoms with Crippen molar-refractivity contribution in [3.8, 4) is 0 Å². The SMILES string of the molecule is C1CC[N+]2(CC1)CCCCC2.[OH-]. The second kappa shape index (κ2) is 4.24. The highest BCUT2D eigenvalue weighted by atomic mass is 16.0. The Labute approximate surface area is 75.5 Å². The van der Waals surface area contributed by atoms with Gasteiger partial charge < -0.3 is 9.96 Å². The fourth-order valence-electron chi connectivity index (χ4n) is 2.81. The van der Waals surface area contributed by atoms with Crippen LogP contribution in [0.1, 0.15) is 38.5 Å². The van der Waals surface area contributed by atoms with E-state index in [-0.39, 0.29) is 5.48 Å². The predicted molar refractivity (Wildman–Crippen MR) is 49.4 cm³/mol. The van der Waals surface area contributed by atoms with Gasteiger partial charge in [-0.2, -0.15) is 0 Å². The van der Waals surface area contributed by atoms with Gasteiger partial charge in [-0.3, -0.25) is 0 Å². The maximum absolute atomic E-state index is 1.50. The van der Waals surface area contributed by atoms with Crippen LogP contribution in [-0.2, 0) is 0 Å². The van der Waals surface area contributed by atoms with Gasteiger partial charge in [-0.25, -0.2) is 0 Å². The van der Waals surface area contributed by atoms with Crippen LogP contribution >= 0.6 is 0 Å². The number of nitrogens with zero attached hydrogens (tertiary/aromatic N) is 1. The van der Waals surface area contributed by atoms with E-state index in [0.717, 1.165) is 0 Å². The summed E-state index contributed by atoms with van der Waals surface area (Å²) in [6.45, 7) is 6.00. The molecule has 2 heteroatoms. The number of piperidine rings is 2. The molecule has 2 aliphatic rings. The Hall–Kier alpha value is -0.0800. The number of rotatable bonds is 0. The molecule has 2 fully saturated rings. The average molecular weight is 171 g/mol. The summed E-state index contributed by atoms with van der Waals surface area (Å²) in [4.78, 5) is 0. The fourth-order valence-corrected chi connectivity index (χ4v) is 2.81. The van der Waals surface area contributed by atoms with E-state index < -0.39 is 0 Å². The topological polar surface area (TPSA) is 30.0 Å². The number of quaternary nitrogens is 1. The minimum absolute atomic E-state index is 0. The Morgan fingerprint density at radius 3 is 1.17 bits per heavy atom. The zero-order valence-corrected chi connectivity index (χ0v) is 7.97. The molecule has 0 aromatic carbocycles. The van der Waals surface area contributed by atoms with Crippen LogP contribution in [-0.4, -0.2) is 36.1 Å². The van der Waals surface area contributed by atoms with Crippen LogP contribution in [0.3, 0.4) is 0 Å². The molecule has 0 saturated carbocycles. The maximum Gasteiger partial charge on any atom is 0.0786 e. The molecule has 0 aromatic heterocycles. The van der Waals surface area contributed by atoms with Gasteiger partial charge in [-0.05, 0) is 38.5 Å². The van der Waals surface area contributed by atoms with Crippen LogP contribution < -0.4 is 0 Å². The minimum atomic E-state index is 0. The first-order chi connectivity index (χ1) is 5.41. The van der Waals surface area contributed by atoms with Gasteiger partial charge in [0.15, 0.2) is 0 Å². The van der Waals surface area contributed by atoms with Crippen molar-refractivity contribution >= 4 is 0 Å². The van der Waals surface area contributed by atoms with Crippen LogP contribution in [0.15, 0.2) is 0 Å². The Kier molecular flexibility index (Phi) is 3.53. The third kappa shape index (κ3) is 1.99. The number of hydrogen-bond donors (Lipinski definition) is 0. The van der Waals surface area contributed by atoms with Gasteiger partial charge in [0.2, 0.25) is 0 Å². The summed E-state index contributed by atoms with van der Waals surface area (Å²) < 4.78 is 1.50. The first kappa shape index (κ1) is 10.0. The van der Waals surface area contributed by atoms with Gasteiger partial charge in [0.25, 0.3) is 0 Å². The molecule has 2 saturated heterocycles. The standard InChI is InChI=1S/C10H20N.H2O/c1-3-7-11(8-4-1)9-5-2-6-10-11;/h1-10H2;1H2/q+1;/p-1. The van der Waals surface area contributed by atoms with Gasteiger partial charge in [-0.1, -0.05) is 0 Å². The lowest BCUT2D eigenvalue weighted by Crippen LogP contribution is -2.54. The molecule has 72 valence electrons. The summed E-state index contributed by atoms with van der Waals surface area (Å²) in [5, 5.41) is 0. The summed E-state index contributed by atoms with van der Waals surface area (Å²) in [6, 6.07) is 0. The van der Waals surface area contributed by atoms with Crippen molar-refractivity contribution in [2.75, 3.05) is 26.2 Å². The largest absolute Gasteiger partial charge is 0.870 e. The van der Waals surface area contributed by atoms with Crippen molar-refractivity contribution < 1.29 is 9.96 Å². The summed E-state index contributed by atoms with van der Waals surface area (Å²) >= 11 is 0. The summed E-state index contributed by atoms with van der Waals surface area (Å²) in [5.74, 6) is 0. The van der Waals surface area contributed by atoms with E-state index >= 15 is 0 Å². The van der Waals surface area contributed by atoms with Gasteiger partial charge in [0, 0.05) is 0 Å². The summed E-state index contributed by atoms with van der Waals surface area (Å²) in [5.41, 5.74) is 0. The Bertz CT molecular complexity index is 104. The van der Waals surface area contributed by atoms with Crippen molar-refractivity contribution in [3.63, 3.8) is 0 Å². The Morgan fingerprint density at radius 2 is 0.833 bits per heavy atom. The lowest BCUT2D eigenvalue weighted by molar-refractivity contribution is -0.936. The molecule has 0 bridgehead atoms. The molecule has 0 aliphatic carbocycles. The quantitative estimate of drug-likeness (QED) is 0.513. The van der Waals surface area contributed by atoms with E-state index in [1.165, 1.54) is 69.2 Å². The molecule has 2 rings (SSSR count). The molecule has 0 radical (unpaired) electrons. The van der Waals surface area contributed by atoms with E-state index in [9.17, 15) is 0 Å². The molecule has 1 N–H and O–H groups in total. The second-order valence-corrected chi connectivity index (χ2v) is 4.36. The smallest absolute Gasteiger partial charge is 0.0786 e. The van der Waals surface area contributed by atoms with E-state index in [1.54, 1.807) is 0 Å². The summed E-state index contributed by atoms with van der Waals surface area (Å²) in [7, 11) is 0. The molecular weight excluding hydrogens is 150 g/mol. The second-order valence-electron chi connectivity index (χ2n) is 4.36. The third-order valence-corrected chi connectivity index (χ3v) is 3.53. The van der Waals surface area contributed by atoms with Crippen molar-refractivity contribution in [1.82, 2.24) is 0 Å². The molecule has 12 heavy (non-hydrogen) atoms. The van der Waals surface area contributed by atoms with Crippen LogP contribution in [0.4, 0.5) is 0 Å². The first-order valence-electron chi connectivity index (χ1n) is 5.26. The van der Waals surface area contributed by atoms with Crippen LogP contribution in [0.2, 0.25) is 0 Å². The molecule has 2 nitrogen and oxygen atoms in total. The normalized spacial score (nSPS) is 28.0. The zero-order chi connectivity index (χ0) is 7.57. The monoisotopic (exact) mass is 171 g/mol. The molecule has 2 aliphatic heterocycles. The van der Waals surface area contributed by atoms with E-state index in [2.05, 4.69) is 0 Å². The average Bonchev–Trinajstić information content (AvgIpc) is 2.07. The highest BCUT2D eigenvalue weighted by Gasteiger charge is 2.30.